The Hall–Kier alpha value is -1.29. The molecule has 1 saturated heterocycles. The van der Waals surface area contributed by atoms with Crippen LogP contribution in [0.3, 0.4) is 0 Å². The molecule has 0 aliphatic carbocycles. The summed E-state index contributed by atoms with van der Waals surface area (Å²) >= 11 is 0. The predicted octanol–water partition coefficient (Wildman–Crippen LogP) is 4.10. The van der Waals surface area contributed by atoms with Crippen LogP contribution in [0.1, 0.15) is 70.6 Å². The van der Waals surface area contributed by atoms with Crippen molar-refractivity contribution in [2.45, 2.75) is 64.8 Å². The van der Waals surface area contributed by atoms with Gasteiger partial charge in [-0.25, -0.2) is 0 Å². The second kappa shape index (κ2) is 16.4. The Morgan fingerprint density at radius 1 is 1.20 bits per heavy atom. The molecular formula is C22H39IN4O3. The molecule has 1 atom stereocenters. The highest BCUT2D eigenvalue weighted by Crippen LogP contribution is 2.25. The van der Waals surface area contributed by atoms with Crippen molar-refractivity contribution in [3.05, 3.63) is 24.2 Å². The number of carbonyl (C=O) groups is 1. The topological polar surface area (TPSA) is 79.1 Å². The van der Waals surface area contributed by atoms with Crippen LogP contribution in [0.2, 0.25) is 0 Å². The largest absolute Gasteiger partial charge is 0.468 e. The molecule has 1 aliphatic heterocycles. The number of esters is 1. The fourth-order valence-electron chi connectivity index (χ4n) is 3.63. The molecule has 30 heavy (non-hydrogen) atoms. The van der Waals surface area contributed by atoms with Gasteiger partial charge in [0, 0.05) is 19.5 Å². The van der Waals surface area contributed by atoms with Crippen LogP contribution in [-0.4, -0.2) is 56.2 Å². The van der Waals surface area contributed by atoms with Crippen molar-refractivity contribution < 1.29 is 13.9 Å². The van der Waals surface area contributed by atoms with Gasteiger partial charge in [-0.3, -0.25) is 14.7 Å². The lowest BCUT2D eigenvalue weighted by atomic mass is 10.1. The van der Waals surface area contributed by atoms with Gasteiger partial charge in [-0.15, -0.1) is 24.0 Å². The number of hydrogen-bond acceptors (Lipinski definition) is 5. The third kappa shape index (κ3) is 10.1. The van der Waals surface area contributed by atoms with E-state index in [4.69, 9.17) is 14.1 Å². The number of furan rings is 1. The highest BCUT2D eigenvalue weighted by Gasteiger charge is 2.25. The Bertz CT molecular complexity index is 589. The van der Waals surface area contributed by atoms with E-state index in [0.717, 1.165) is 63.6 Å². The zero-order valence-electron chi connectivity index (χ0n) is 18.5. The fourth-order valence-corrected chi connectivity index (χ4v) is 3.63. The SMILES string of the molecule is CCNC(=NCC(c1ccco1)N1CCCC1)NCCCCCCC(=O)OCC.I. The van der Waals surface area contributed by atoms with Gasteiger partial charge in [-0.1, -0.05) is 12.8 Å². The van der Waals surface area contributed by atoms with Gasteiger partial charge >= 0.3 is 5.97 Å². The minimum absolute atomic E-state index is 0. The van der Waals surface area contributed by atoms with Crippen molar-refractivity contribution in [2.75, 3.05) is 39.3 Å². The minimum Gasteiger partial charge on any atom is -0.468 e. The Balaban J connectivity index is 0.00000450. The van der Waals surface area contributed by atoms with E-state index in [9.17, 15) is 4.79 Å². The number of halogens is 1. The molecule has 0 radical (unpaired) electrons. The summed E-state index contributed by atoms with van der Waals surface area (Å²) < 4.78 is 10.6. The lowest BCUT2D eigenvalue weighted by Crippen LogP contribution is -2.38. The summed E-state index contributed by atoms with van der Waals surface area (Å²) in [5.41, 5.74) is 0. The molecule has 1 unspecified atom stereocenters. The normalized spacial score (nSPS) is 15.5. The van der Waals surface area contributed by atoms with Crippen LogP contribution in [0, 0.1) is 0 Å². The Morgan fingerprint density at radius 2 is 1.97 bits per heavy atom. The first-order chi connectivity index (χ1) is 14.2. The van der Waals surface area contributed by atoms with Crippen molar-refractivity contribution >= 4 is 35.9 Å². The number of aliphatic imine (C=N–C) groups is 1. The lowest BCUT2D eigenvalue weighted by Gasteiger charge is -2.24. The first-order valence-corrected chi connectivity index (χ1v) is 11.2. The number of ether oxygens (including phenoxy) is 1. The molecule has 0 saturated carbocycles. The average Bonchev–Trinajstić information content (AvgIpc) is 3.42. The fraction of sp³-hybridized carbons (Fsp3) is 0.727. The zero-order chi connectivity index (χ0) is 20.7. The van der Waals surface area contributed by atoms with Gasteiger partial charge in [0.25, 0.3) is 0 Å². The predicted molar refractivity (Wildman–Crippen MR) is 131 cm³/mol. The van der Waals surface area contributed by atoms with Gasteiger partial charge in [0.1, 0.15) is 5.76 Å². The number of nitrogens with one attached hydrogen (secondary N) is 2. The van der Waals surface area contributed by atoms with E-state index in [1.54, 1.807) is 6.26 Å². The van der Waals surface area contributed by atoms with E-state index in [0.29, 0.717) is 19.6 Å². The van der Waals surface area contributed by atoms with Gasteiger partial charge in [-0.05, 0) is 64.8 Å². The van der Waals surface area contributed by atoms with Gasteiger partial charge in [0.2, 0.25) is 0 Å². The van der Waals surface area contributed by atoms with Crippen molar-refractivity contribution in [1.82, 2.24) is 15.5 Å². The molecule has 1 fully saturated rings. The minimum atomic E-state index is -0.0868. The molecule has 2 N–H and O–H groups in total. The van der Waals surface area contributed by atoms with E-state index in [-0.39, 0.29) is 36.0 Å². The van der Waals surface area contributed by atoms with E-state index in [2.05, 4.69) is 28.5 Å². The van der Waals surface area contributed by atoms with Crippen LogP contribution in [0.4, 0.5) is 0 Å². The number of unbranched alkanes of at least 4 members (excludes halogenated alkanes) is 3. The standard InChI is InChI=1S/C22H38N4O3.HI/c1-3-23-22(24-14-8-6-5-7-13-21(27)28-4-2)25-18-19(20-12-11-17-29-20)26-15-9-10-16-26;/h11-12,17,19H,3-10,13-16,18H2,1-2H3,(H2,23,24,25);1H. The lowest BCUT2D eigenvalue weighted by molar-refractivity contribution is -0.143. The van der Waals surface area contributed by atoms with Crippen molar-refractivity contribution in [2.24, 2.45) is 4.99 Å². The summed E-state index contributed by atoms with van der Waals surface area (Å²) in [6.07, 6.45) is 8.85. The van der Waals surface area contributed by atoms with Gasteiger partial charge in [-0.2, -0.15) is 0 Å². The van der Waals surface area contributed by atoms with Crippen LogP contribution in [-0.2, 0) is 9.53 Å². The second-order valence-electron chi connectivity index (χ2n) is 7.39. The Kier molecular flexibility index (Phi) is 14.6. The van der Waals surface area contributed by atoms with Crippen LogP contribution in [0.15, 0.2) is 27.8 Å². The summed E-state index contributed by atoms with van der Waals surface area (Å²) in [4.78, 5) is 18.6. The molecule has 0 spiro atoms. The molecule has 0 bridgehead atoms. The maximum atomic E-state index is 11.3. The summed E-state index contributed by atoms with van der Waals surface area (Å²) in [6, 6.07) is 4.20. The van der Waals surface area contributed by atoms with Crippen LogP contribution >= 0.6 is 24.0 Å². The van der Waals surface area contributed by atoms with Crippen molar-refractivity contribution in [3.8, 4) is 0 Å². The van der Waals surface area contributed by atoms with Gasteiger partial charge < -0.3 is 19.8 Å². The molecule has 8 heteroatoms. The van der Waals surface area contributed by atoms with Crippen LogP contribution < -0.4 is 10.6 Å². The summed E-state index contributed by atoms with van der Waals surface area (Å²) in [5.74, 6) is 1.76. The van der Waals surface area contributed by atoms with E-state index in [1.807, 2.05) is 13.0 Å². The second-order valence-corrected chi connectivity index (χ2v) is 7.39. The molecule has 0 amide bonds. The highest BCUT2D eigenvalue weighted by molar-refractivity contribution is 14.0. The third-order valence-electron chi connectivity index (χ3n) is 5.13. The number of rotatable bonds is 13. The molecule has 2 rings (SSSR count). The number of guanidine groups is 1. The quantitative estimate of drug-likeness (QED) is 0.131. The Morgan fingerprint density at radius 3 is 2.63 bits per heavy atom. The molecule has 2 heterocycles. The van der Waals surface area contributed by atoms with Crippen molar-refractivity contribution in [1.29, 1.82) is 0 Å². The van der Waals surface area contributed by atoms with E-state index >= 15 is 0 Å². The summed E-state index contributed by atoms with van der Waals surface area (Å²) in [6.45, 7) is 9.00. The molecule has 0 aromatic carbocycles. The Labute approximate surface area is 198 Å². The molecular weight excluding hydrogens is 495 g/mol. The molecule has 7 nitrogen and oxygen atoms in total. The number of hydrogen-bond donors (Lipinski definition) is 2. The maximum Gasteiger partial charge on any atom is 0.305 e. The monoisotopic (exact) mass is 534 g/mol. The highest BCUT2D eigenvalue weighted by atomic mass is 127. The first-order valence-electron chi connectivity index (χ1n) is 11.2. The maximum absolute atomic E-state index is 11.3. The first kappa shape index (κ1) is 26.7. The summed E-state index contributed by atoms with van der Waals surface area (Å²) in [5, 5.41) is 6.76. The smallest absolute Gasteiger partial charge is 0.305 e. The summed E-state index contributed by atoms with van der Waals surface area (Å²) in [7, 11) is 0. The zero-order valence-corrected chi connectivity index (χ0v) is 20.9. The van der Waals surface area contributed by atoms with Crippen LogP contribution in [0.25, 0.3) is 0 Å². The molecule has 1 aromatic heterocycles. The van der Waals surface area contributed by atoms with E-state index in [1.165, 1.54) is 12.8 Å². The van der Waals surface area contributed by atoms with Crippen molar-refractivity contribution in [3.63, 3.8) is 0 Å². The number of carbonyl (C=O) groups excluding carboxylic acids is 1. The van der Waals surface area contributed by atoms with Gasteiger partial charge in [0.15, 0.2) is 5.96 Å². The molecule has 172 valence electrons. The van der Waals surface area contributed by atoms with Gasteiger partial charge in [0.05, 0.1) is 25.5 Å². The third-order valence-corrected chi connectivity index (χ3v) is 5.13. The average molecular weight is 534 g/mol. The van der Waals surface area contributed by atoms with Crippen LogP contribution in [0.5, 0.6) is 0 Å². The number of nitrogens with zero attached hydrogens (tertiary/aromatic N) is 2. The molecule has 1 aliphatic rings. The number of likely N-dealkylation sites (tertiary alicyclic amines) is 1. The van der Waals surface area contributed by atoms with E-state index < -0.39 is 0 Å². The molecule has 1 aromatic rings.